The molecule has 1 aliphatic rings. The van der Waals surface area contributed by atoms with Crippen LogP contribution in [-0.2, 0) is 23.1 Å². The van der Waals surface area contributed by atoms with Gasteiger partial charge in [-0.2, -0.15) is 0 Å². The molecule has 0 unspecified atom stereocenters. The first-order valence-electron chi connectivity index (χ1n) is 9.18. The van der Waals surface area contributed by atoms with Crippen molar-refractivity contribution in [1.29, 1.82) is 0 Å². The van der Waals surface area contributed by atoms with E-state index in [0.29, 0.717) is 6.54 Å². The number of nitrogens with zero attached hydrogens (tertiary/aromatic N) is 2. The first kappa shape index (κ1) is 20.5. The fourth-order valence-corrected chi connectivity index (χ4v) is 3.71. The number of amides is 1. The zero-order valence-corrected chi connectivity index (χ0v) is 17.0. The number of hydrogen-bond donors (Lipinski definition) is 2. The number of benzene rings is 1. The molecule has 28 heavy (non-hydrogen) atoms. The summed E-state index contributed by atoms with van der Waals surface area (Å²) >= 11 is 0. The largest absolute Gasteiger partial charge is 0.438 e. The highest BCUT2D eigenvalue weighted by Crippen LogP contribution is 2.14. The Morgan fingerprint density at radius 2 is 1.82 bits per heavy atom. The lowest BCUT2D eigenvalue weighted by Crippen LogP contribution is -2.43. The third-order valence-corrected chi connectivity index (χ3v) is 6.07. The summed E-state index contributed by atoms with van der Waals surface area (Å²) in [5.41, 5.74) is 2.19. The summed E-state index contributed by atoms with van der Waals surface area (Å²) < 4.78 is 30.7. The Labute approximate surface area is 165 Å². The zero-order chi connectivity index (χ0) is 20.1. The van der Waals surface area contributed by atoms with Crippen LogP contribution in [0.2, 0.25) is 0 Å². The number of piperazine rings is 1. The molecule has 3 rings (SSSR count). The summed E-state index contributed by atoms with van der Waals surface area (Å²) in [6.45, 7) is 5.47. The molecule has 1 fully saturated rings. The van der Waals surface area contributed by atoms with Crippen molar-refractivity contribution in [3.8, 4) is 0 Å². The lowest BCUT2D eigenvalue weighted by Gasteiger charge is -2.32. The van der Waals surface area contributed by atoms with E-state index in [2.05, 4.69) is 39.0 Å². The van der Waals surface area contributed by atoms with Crippen molar-refractivity contribution in [3.63, 3.8) is 0 Å². The summed E-state index contributed by atoms with van der Waals surface area (Å²) in [4.78, 5) is 17.0. The molecule has 1 aliphatic heterocycles. The Hall–Kier alpha value is -2.20. The maximum Gasteiger partial charge on any atom is 0.287 e. The zero-order valence-electron chi connectivity index (χ0n) is 16.1. The summed E-state index contributed by atoms with van der Waals surface area (Å²) in [6.07, 6.45) is 0. The molecule has 8 nitrogen and oxygen atoms in total. The van der Waals surface area contributed by atoms with E-state index in [1.54, 1.807) is 0 Å². The third-order valence-electron chi connectivity index (χ3n) is 4.79. The highest BCUT2D eigenvalue weighted by Gasteiger charge is 2.19. The summed E-state index contributed by atoms with van der Waals surface area (Å²) in [7, 11) is -0.285. The van der Waals surface area contributed by atoms with Crippen LogP contribution in [0.3, 0.4) is 0 Å². The first-order chi connectivity index (χ1) is 13.4. The number of sulfonamides is 1. The molecule has 2 heterocycles. The number of nitrogens with one attached hydrogen (secondary N) is 2. The van der Waals surface area contributed by atoms with Gasteiger partial charge in [-0.25, -0.2) is 13.1 Å². The number of furan rings is 1. The van der Waals surface area contributed by atoms with Gasteiger partial charge in [0.25, 0.3) is 15.9 Å². The quantitative estimate of drug-likeness (QED) is 0.708. The smallest absolute Gasteiger partial charge is 0.287 e. The molecule has 0 radical (unpaired) electrons. The van der Waals surface area contributed by atoms with E-state index in [0.717, 1.165) is 38.3 Å². The second-order valence-corrected chi connectivity index (χ2v) is 8.73. The Morgan fingerprint density at radius 1 is 1.11 bits per heavy atom. The van der Waals surface area contributed by atoms with Crippen LogP contribution in [0.4, 0.5) is 0 Å². The van der Waals surface area contributed by atoms with Crippen molar-refractivity contribution >= 4 is 15.9 Å². The number of hydrogen-bond acceptors (Lipinski definition) is 6. The topological polar surface area (TPSA) is 94.9 Å². The van der Waals surface area contributed by atoms with Crippen LogP contribution in [-0.4, -0.2) is 64.4 Å². The van der Waals surface area contributed by atoms with E-state index in [1.807, 2.05) is 12.1 Å². The van der Waals surface area contributed by atoms with Crippen molar-refractivity contribution in [3.05, 3.63) is 53.3 Å². The maximum atomic E-state index is 12.2. The molecule has 0 spiro atoms. The Kier molecular flexibility index (Phi) is 6.50. The van der Waals surface area contributed by atoms with Gasteiger partial charge in [0.05, 0.1) is 0 Å². The Balaban J connectivity index is 1.56. The molecule has 0 bridgehead atoms. The molecule has 0 saturated carbocycles. The first-order valence-corrected chi connectivity index (χ1v) is 10.7. The van der Waals surface area contributed by atoms with Crippen LogP contribution in [0.1, 0.15) is 21.7 Å². The van der Waals surface area contributed by atoms with E-state index >= 15 is 0 Å². The molecule has 152 valence electrons. The van der Waals surface area contributed by atoms with E-state index in [-0.39, 0.29) is 10.9 Å². The van der Waals surface area contributed by atoms with Crippen molar-refractivity contribution in [2.75, 3.05) is 40.3 Å². The molecule has 0 atom stereocenters. The maximum absolute atomic E-state index is 12.2. The predicted octanol–water partition coefficient (Wildman–Crippen LogP) is 0.865. The Morgan fingerprint density at radius 3 is 2.54 bits per heavy atom. The van der Waals surface area contributed by atoms with Crippen molar-refractivity contribution < 1.29 is 17.6 Å². The van der Waals surface area contributed by atoms with Crippen LogP contribution in [0.15, 0.2) is 45.9 Å². The highest BCUT2D eigenvalue weighted by molar-refractivity contribution is 7.89. The van der Waals surface area contributed by atoms with Crippen molar-refractivity contribution in [2.45, 2.75) is 18.2 Å². The molecule has 2 aromatic rings. The lowest BCUT2D eigenvalue weighted by atomic mass is 10.1. The minimum absolute atomic E-state index is 0.0394. The Bertz CT molecular complexity index is 918. The molecule has 2 N–H and O–H groups in total. The predicted molar refractivity (Wildman–Crippen MR) is 105 cm³/mol. The third kappa shape index (κ3) is 5.20. The molecule has 9 heteroatoms. The van der Waals surface area contributed by atoms with Gasteiger partial charge < -0.3 is 14.6 Å². The number of carbonyl (C=O) groups is 1. The fourth-order valence-electron chi connectivity index (χ4n) is 3.06. The van der Waals surface area contributed by atoms with Crippen molar-refractivity contribution in [2.24, 2.45) is 0 Å². The average Bonchev–Trinajstić information content (AvgIpc) is 3.19. The van der Waals surface area contributed by atoms with Gasteiger partial charge in [-0.3, -0.25) is 9.69 Å². The van der Waals surface area contributed by atoms with Gasteiger partial charge in [0.15, 0.2) is 5.76 Å². The van der Waals surface area contributed by atoms with Gasteiger partial charge in [0.2, 0.25) is 5.09 Å². The second kappa shape index (κ2) is 8.87. The normalized spacial score (nSPS) is 16.2. The van der Waals surface area contributed by atoms with Crippen LogP contribution < -0.4 is 10.0 Å². The highest BCUT2D eigenvalue weighted by atomic mass is 32.2. The molecular formula is C19H26N4O4S. The molecule has 0 aliphatic carbocycles. The molecule has 1 aromatic heterocycles. The number of rotatable bonds is 7. The average molecular weight is 407 g/mol. The van der Waals surface area contributed by atoms with Crippen LogP contribution in [0, 0.1) is 0 Å². The molecule has 1 saturated heterocycles. The van der Waals surface area contributed by atoms with E-state index in [9.17, 15) is 13.2 Å². The molecule has 1 aromatic carbocycles. The number of likely N-dealkylation sites (N-methyl/N-ethyl adjacent to an activating group) is 1. The molecular weight excluding hydrogens is 380 g/mol. The van der Waals surface area contributed by atoms with Crippen LogP contribution in [0.25, 0.3) is 0 Å². The minimum Gasteiger partial charge on any atom is -0.438 e. The standard InChI is InChI=1S/C19H26N4O4S/c1-20-28(25,26)18-7-6-17(27-18)19(24)21-13-15-4-3-5-16(12-15)14-23-10-8-22(2)9-11-23/h3-7,12,20H,8-11,13-14H2,1-2H3,(H,21,24). The van der Waals surface area contributed by atoms with E-state index in [1.165, 1.54) is 24.7 Å². The summed E-state index contributed by atoms with van der Waals surface area (Å²) in [5.74, 6) is -0.496. The number of carbonyl (C=O) groups excluding carboxylic acids is 1. The van der Waals surface area contributed by atoms with E-state index < -0.39 is 15.9 Å². The fraction of sp³-hybridized carbons (Fsp3) is 0.421. The van der Waals surface area contributed by atoms with Gasteiger partial charge in [0, 0.05) is 39.3 Å². The lowest BCUT2D eigenvalue weighted by molar-refractivity contribution is 0.0917. The van der Waals surface area contributed by atoms with Gasteiger partial charge in [-0.05, 0) is 37.4 Å². The summed E-state index contributed by atoms with van der Waals surface area (Å²) in [5, 5.41) is 2.48. The van der Waals surface area contributed by atoms with Gasteiger partial charge in [-0.1, -0.05) is 24.3 Å². The van der Waals surface area contributed by atoms with Gasteiger partial charge >= 0.3 is 0 Å². The second-order valence-electron chi connectivity index (χ2n) is 6.91. The van der Waals surface area contributed by atoms with E-state index in [4.69, 9.17) is 4.42 Å². The van der Waals surface area contributed by atoms with Crippen molar-refractivity contribution in [1.82, 2.24) is 19.8 Å². The molecule has 1 amide bonds. The van der Waals surface area contributed by atoms with Gasteiger partial charge in [0.1, 0.15) is 0 Å². The van der Waals surface area contributed by atoms with Crippen LogP contribution in [0.5, 0.6) is 0 Å². The monoisotopic (exact) mass is 406 g/mol. The van der Waals surface area contributed by atoms with Gasteiger partial charge in [-0.15, -0.1) is 0 Å². The van der Waals surface area contributed by atoms with Crippen LogP contribution >= 0.6 is 0 Å². The summed E-state index contributed by atoms with van der Waals surface area (Å²) in [6, 6.07) is 10.7. The minimum atomic E-state index is -3.71. The SMILES string of the molecule is CNS(=O)(=O)c1ccc(C(=O)NCc2cccc(CN3CCN(C)CC3)c2)o1.